The topological polar surface area (TPSA) is 3.24 Å². The second-order valence-corrected chi connectivity index (χ2v) is 3.21. The highest BCUT2D eigenvalue weighted by Crippen LogP contribution is 2.00. The molecule has 14 heavy (non-hydrogen) atoms. The van der Waals surface area contributed by atoms with Gasteiger partial charge >= 0.3 is 0 Å². The van der Waals surface area contributed by atoms with Gasteiger partial charge in [-0.3, -0.25) is 4.90 Å². The van der Waals surface area contributed by atoms with Crippen molar-refractivity contribution in [1.29, 1.82) is 0 Å². The molecule has 0 N–H and O–H groups in total. The zero-order valence-electron chi connectivity index (χ0n) is 8.48. The molecule has 0 aromatic heterocycles. The molecule has 0 bridgehead atoms. The van der Waals surface area contributed by atoms with Gasteiger partial charge in [-0.2, -0.15) is 0 Å². The Morgan fingerprint density at radius 3 is 2.71 bits per heavy atom. The molecule has 0 heterocycles. The van der Waals surface area contributed by atoms with Gasteiger partial charge in [0.05, 0.1) is 6.54 Å². The van der Waals surface area contributed by atoms with Crippen LogP contribution >= 0.6 is 0 Å². The lowest BCUT2D eigenvalue weighted by Gasteiger charge is -2.08. The van der Waals surface area contributed by atoms with Gasteiger partial charge in [-0.15, -0.1) is 6.42 Å². The fourth-order valence-corrected chi connectivity index (χ4v) is 1.15. The van der Waals surface area contributed by atoms with Crippen molar-refractivity contribution in [2.75, 3.05) is 20.1 Å². The minimum atomic E-state index is 0.694. The molecule has 1 rings (SSSR count). The molecule has 0 aliphatic heterocycles. The lowest BCUT2D eigenvalue weighted by Crippen LogP contribution is -2.17. The summed E-state index contributed by atoms with van der Waals surface area (Å²) in [5, 5.41) is 0. The van der Waals surface area contributed by atoms with Crippen LogP contribution in [0.2, 0.25) is 0 Å². The molecule has 0 saturated heterocycles. The molecule has 1 aromatic rings. The quantitative estimate of drug-likeness (QED) is 0.650. The summed E-state index contributed by atoms with van der Waals surface area (Å²) in [6.45, 7) is 1.58. The molecule has 0 radical (unpaired) electrons. The monoisotopic (exact) mass is 185 g/mol. The summed E-state index contributed by atoms with van der Waals surface area (Å²) >= 11 is 0. The second kappa shape index (κ2) is 6.01. The first-order valence-corrected chi connectivity index (χ1v) is 4.66. The standard InChI is InChI=1S/C13H15N/c1-3-11-14(2)12-7-10-13-8-5-4-6-9-13/h1,4-10H,11-12H2,2H3/b10-7+. The van der Waals surface area contributed by atoms with Crippen LogP contribution in [0, 0.1) is 12.3 Å². The summed E-state index contributed by atoms with van der Waals surface area (Å²) in [7, 11) is 2.01. The molecule has 0 fully saturated rings. The van der Waals surface area contributed by atoms with Gasteiger partial charge in [0, 0.05) is 6.54 Å². The van der Waals surface area contributed by atoms with Gasteiger partial charge < -0.3 is 0 Å². The maximum Gasteiger partial charge on any atom is 0.0599 e. The van der Waals surface area contributed by atoms with Crippen LogP contribution in [0.1, 0.15) is 5.56 Å². The fourth-order valence-electron chi connectivity index (χ4n) is 1.15. The average molecular weight is 185 g/mol. The molecule has 0 saturated carbocycles. The van der Waals surface area contributed by atoms with Crippen molar-refractivity contribution >= 4 is 6.08 Å². The van der Waals surface area contributed by atoms with Crippen molar-refractivity contribution in [2.24, 2.45) is 0 Å². The Labute approximate surface area is 86.1 Å². The molecule has 0 unspecified atom stereocenters. The molecule has 1 heteroatoms. The van der Waals surface area contributed by atoms with Crippen molar-refractivity contribution in [3.8, 4) is 12.3 Å². The van der Waals surface area contributed by atoms with Gasteiger partial charge in [-0.25, -0.2) is 0 Å². The van der Waals surface area contributed by atoms with E-state index in [0.29, 0.717) is 6.54 Å². The van der Waals surface area contributed by atoms with E-state index in [0.717, 1.165) is 6.54 Å². The summed E-state index contributed by atoms with van der Waals surface area (Å²) in [5.74, 6) is 2.61. The number of benzene rings is 1. The Kier molecular flexibility index (Phi) is 4.54. The van der Waals surface area contributed by atoms with Crippen molar-refractivity contribution in [2.45, 2.75) is 0 Å². The van der Waals surface area contributed by atoms with Crippen LogP contribution in [-0.2, 0) is 0 Å². The lowest BCUT2D eigenvalue weighted by atomic mass is 10.2. The Morgan fingerprint density at radius 2 is 2.07 bits per heavy atom. The van der Waals surface area contributed by atoms with E-state index < -0.39 is 0 Å². The normalized spacial score (nSPS) is 10.6. The molecule has 1 aromatic carbocycles. The van der Waals surface area contributed by atoms with Crippen LogP contribution in [0.4, 0.5) is 0 Å². The maximum atomic E-state index is 5.20. The summed E-state index contributed by atoms with van der Waals surface area (Å²) in [6.07, 6.45) is 9.42. The first kappa shape index (κ1) is 10.6. The predicted molar refractivity (Wildman–Crippen MR) is 61.8 cm³/mol. The number of likely N-dealkylation sites (N-methyl/N-ethyl adjacent to an activating group) is 1. The summed E-state index contributed by atoms with van der Waals surface area (Å²) in [6, 6.07) is 10.2. The molecule has 72 valence electrons. The Hall–Kier alpha value is -1.52. The van der Waals surface area contributed by atoms with Gasteiger partial charge in [0.25, 0.3) is 0 Å². The number of hydrogen-bond acceptors (Lipinski definition) is 1. The highest BCUT2D eigenvalue weighted by atomic mass is 15.1. The third-order valence-corrected chi connectivity index (χ3v) is 1.89. The average Bonchev–Trinajstić information content (AvgIpc) is 2.20. The predicted octanol–water partition coefficient (Wildman–Crippen LogP) is 2.26. The number of hydrogen-bond donors (Lipinski definition) is 0. The highest BCUT2D eigenvalue weighted by molar-refractivity contribution is 5.48. The van der Waals surface area contributed by atoms with Gasteiger partial charge in [0.2, 0.25) is 0 Å². The zero-order valence-corrected chi connectivity index (χ0v) is 8.48. The van der Waals surface area contributed by atoms with E-state index in [-0.39, 0.29) is 0 Å². The van der Waals surface area contributed by atoms with Crippen LogP contribution in [0.25, 0.3) is 6.08 Å². The summed E-state index contributed by atoms with van der Waals surface area (Å²) in [4.78, 5) is 2.08. The van der Waals surface area contributed by atoms with Crippen LogP contribution in [0.3, 0.4) is 0 Å². The number of rotatable bonds is 4. The van der Waals surface area contributed by atoms with E-state index in [9.17, 15) is 0 Å². The van der Waals surface area contributed by atoms with Crippen molar-refractivity contribution in [3.63, 3.8) is 0 Å². The largest absolute Gasteiger partial charge is 0.292 e. The van der Waals surface area contributed by atoms with Crippen LogP contribution in [0.5, 0.6) is 0 Å². The third-order valence-electron chi connectivity index (χ3n) is 1.89. The SMILES string of the molecule is C#CCN(C)C/C=C/c1ccccc1. The fraction of sp³-hybridized carbons (Fsp3) is 0.231. The summed E-state index contributed by atoms with van der Waals surface area (Å²) in [5.41, 5.74) is 1.22. The molecule has 0 aliphatic carbocycles. The Morgan fingerprint density at radius 1 is 1.36 bits per heavy atom. The molecular weight excluding hydrogens is 170 g/mol. The van der Waals surface area contributed by atoms with Gasteiger partial charge in [0.1, 0.15) is 0 Å². The van der Waals surface area contributed by atoms with Crippen LogP contribution in [0.15, 0.2) is 36.4 Å². The Balaban J connectivity index is 2.39. The minimum absolute atomic E-state index is 0.694. The van der Waals surface area contributed by atoms with Crippen molar-refractivity contribution < 1.29 is 0 Å². The molecule has 0 spiro atoms. The third kappa shape index (κ3) is 3.93. The van der Waals surface area contributed by atoms with Gasteiger partial charge in [0.15, 0.2) is 0 Å². The van der Waals surface area contributed by atoms with Crippen LogP contribution < -0.4 is 0 Å². The van der Waals surface area contributed by atoms with E-state index in [4.69, 9.17) is 6.42 Å². The minimum Gasteiger partial charge on any atom is -0.292 e. The van der Waals surface area contributed by atoms with Crippen molar-refractivity contribution in [3.05, 3.63) is 42.0 Å². The maximum absolute atomic E-state index is 5.20. The van der Waals surface area contributed by atoms with Crippen LogP contribution in [-0.4, -0.2) is 25.0 Å². The molecule has 0 aliphatic rings. The van der Waals surface area contributed by atoms with Gasteiger partial charge in [-0.1, -0.05) is 48.4 Å². The lowest BCUT2D eigenvalue weighted by molar-refractivity contribution is 0.420. The summed E-state index contributed by atoms with van der Waals surface area (Å²) < 4.78 is 0. The molecule has 1 nitrogen and oxygen atoms in total. The van der Waals surface area contributed by atoms with E-state index in [1.165, 1.54) is 5.56 Å². The van der Waals surface area contributed by atoms with Gasteiger partial charge in [-0.05, 0) is 12.6 Å². The van der Waals surface area contributed by atoms with E-state index in [1.54, 1.807) is 0 Å². The van der Waals surface area contributed by atoms with E-state index >= 15 is 0 Å². The molecule has 0 amide bonds. The zero-order chi connectivity index (χ0) is 10.2. The van der Waals surface area contributed by atoms with Crippen molar-refractivity contribution in [1.82, 2.24) is 4.90 Å². The number of nitrogens with zero attached hydrogens (tertiary/aromatic N) is 1. The first-order chi connectivity index (χ1) is 6.83. The first-order valence-electron chi connectivity index (χ1n) is 4.66. The molecule has 0 atom stereocenters. The second-order valence-electron chi connectivity index (χ2n) is 3.21. The highest BCUT2D eigenvalue weighted by Gasteiger charge is 1.89. The molecular formula is C13H15N. The van der Waals surface area contributed by atoms with E-state index in [2.05, 4.69) is 35.1 Å². The van der Waals surface area contributed by atoms with E-state index in [1.807, 2.05) is 25.2 Å². The number of terminal acetylenes is 1. The smallest absolute Gasteiger partial charge is 0.0599 e. The Bertz CT molecular complexity index is 319.